The summed E-state index contributed by atoms with van der Waals surface area (Å²) in [6.07, 6.45) is 14.2. The van der Waals surface area contributed by atoms with E-state index in [0.29, 0.717) is 5.41 Å². The summed E-state index contributed by atoms with van der Waals surface area (Å²) >= 11 is 0. The lowest BCUT2D eigenvalue weighted by molar-refractivity contribution is -0.0783. The van der Waals surface area contributed by atoms with Crippen LogP contribution in [0, 0.1) is 57.7 Å². The summed E-state index contributed by atoms with van der Waals surface area (Å²) in [7, 11) is 0. The van der Waals surface area contributed by atoms with E-state index in [1.54, 1.807) is 5.01 Å². The van der Waals surface area contributed by atoms with E-state index in [1.807, 2.05) is 0 Å². The fraction of sp³-hybridized carbons (Fsp3) is 1.00. The van der Waals surface area contributed by atoms with Crippen molar-refractivity contribution in [3.8, 4) is 0 Å². The van der Waals surface area contributed by atoms with Gasteiger partial charge in [0.15, 0.2) is 0 Å². The molecule has 1 saturated heterocycles. The molecule has 4 rings (SSSR count). The third-order valence-electron chi connectivity index (χ3n) is 10.0. The van der Waals surface area contributed by atoms with E-state index in [9.17, 15) is 4.91 Å². The molecule has 0 amide bonds. The van der Waals surface area contributed by atoms with Crippen LogP contribution in [0.1, 0.15) is 91.9 Å². The molecular formula is C25H44N2O. The molecule has 4 aliphatic rings. The first-order valence-corrected chi connectivity index (χ1v) is 12.5. The van der Waals surface area contributed by atoms with E-state index >= 15 is 0 Å². The molecule has 1 aliphatic heterocycles. The van der Waals surface area contributed by atoms with E-state index in [0.717, 1.165) is 60.4 Å². The van der Waals surface area contributed by atoms with Gasteiger partial charge in [-0.25, -0.2) is 0 Å². The van der Waals surface area contributed by atoms with E-state index in [2.05, 4.69) is 33.0 Å². The number of piperidine rings is 1. The summed E-state index contributed by atoms with van der Waals surface area (Å²) in [6, 6.07) is 0. The van der Waals surface area contributed by atoms with Gasteiger partial charge in [-0.05, 0) is 97.7 Å². The predicted molar refractivity (Wildman–Crippen MR) is 117 cm³/mol. The standard InChI is InChI=1S/C25H44N2O/c1-17(2)6-5-7-18(3)23-10-11-24-22-9-8-19-16-27(26-28)15-13-20(19)21(22)12-14-25(23,24)4/h17-24H,5-16H2,1-4H3/t18-,19-,20-,21-,22-,23+,24-,25+/m0/s1. The van der Waals surface area contributed by atoms with Crippen molar-refractivity contribution in [3.63, 3.8) is 0 Å². The summed E-state index contributed by atoms with van der Waals surface area (Å²) < 4.78 is 0. The molecule has 0 aromatic rings. The van der Waals surface area contributed by atoms with Gasteiger partial charge < -0.3 is 0 Å². The monoisotopic (exact) mass is 388 g/mol. The minimum Gasteiger partial charge on any atom is -0.261 e. The van der Waals surface area contributed by atoms with Gasteiger partial charge in [0.2, 0.25) is 0 Å². The number of nitrogens with zero attached hydrogens (tertiary/aromatic N) is 2. The zero-order valence-electron chi connectivity index (χ0n) is 18.9. The van der Waals surface area contributed by atoms with Crippen LogP contribution in [0.15, 0.2) is 5.29 Å². The van der Waals surface area contributed by atoms with E-state index in [4.69, 9.17) is 0 Å². The third kappa shape index (κ3) is 3.65. The first-order chi connectivity index (χ1) is 13.4. The van der Waals surface area contributed by atoms with Crippen molar-refractivity contribution in [1.82, 2.24) is 5.01 Å². The van der Waals surface area contributed by atoms with Crippen LogP contribution in [0.25, 0.3) is 0 Å². The van der Waals surface area contributed by atoms with Crippen LogP contribution in [-0.2, 0) is 0 Å². The molecule has 3 aliphatic carbocycles. The highest BCUT2D eigenvalue weighted by molar-refractivity contribution is 5.06. The van der Waals surface area contributed by atoms with Crippen molar-refractivity contribution >= 4 is 0 Å². The lowest BCUT2D eigenvalue weighted by Crippen LogP contribution is -2.51. The molecule has 3 saturated carbocycles. The van der Waals surface area contributed by atoms with E-state index < -0.39 is 0 Å². The number of rotatable bonds is 6. The Kier molecular flexibility index (Phi) is 6.10. The van der Waals surface area contributed by atoms with Crippen molar-refractivity contribution in [1.29, 1.82) is 0 Å². The minimum atomic E-state index is 0.607. The van der Waals surface area contributed by atoms with Crippen LogP contribution in [0.5, 0.6) is 0 Å². The minimum absolute atomic E-state index is 0.607. The van der Waals surface area contributed by atoms with Crippen LogP contribution >= 0.6 is 0 Å². The maximum absolute atomic E-state index is 11.0. The van der Waals surface area contributed by atoms with Crippen LogP contribution in [-0.4, -0.2) is 18.1 Å². The number of fused-ring (bicyclic) bond motifs is 5. The third-order valence-corrected chi connectivity index (χ3v) is 10.0. The largest absolute Gasteiger partial charge is 0.261 e. The van der Waals surface area contributed by atoms with Crippen molar-refractivity contribution in [3.05, 3.63) is 4.91 Å². The second-order valence-corrected chi connectivity index (χ2v) is 11.7. The molecule has 0 spiro atoms. The Bertz CT molecular complexity index is 549. The fourth-order valence-electron chi connectivity index (χ4n) is 8.67. The summed E-state index contributed by atoms with van der Waals surface area (Å²) in [5, 5.41) is 5.06. The molecule has 3 heteroatoms. The summed E-state index contributed by atoms with van der Waals surface area (Å²) in [5.41, 5.74) is 0.607. The van der Waals surface area contributed by atoms with Crippen LogP contribution in [0.4, 0.5) is 0 Å². The Hall–Kier alpha value is -0.600. The van der Waals surface area contributed by atoms with E-state index in [1.165, 1.54) is 64.2 Å². The molecule has 160 valence electrons. The van der Waals surface area contributed by atoms with Crippen molar-refractivity contribution < 1.29 is 0 Å². The van der Waals surface area contributed by atoms with Crippen molar-refractivity contribution in [2.24, 2.45) is 58.0 Å². The van der Waals surface area contributed by atoms with Gasteiger partial charge in [0.1, 0.15) is 0 Å². The highest BCUT2D eigenvalue weighted by Crippen LogP contribution is 2.65. The molecule has 0 aromatic carbocycles. The lowest BCUT2D eigenvalue weighted by Gasteiger charge is -2.56. The summed E-state index contributed by atoms with van der Waals surface area (Å²) in [6.45, 7) is 11.8. The van der Waals surface area contributed by atoms with Gasteiger partial charge in [-0.2, -0.15) is 0 Å². The second-order valence-electron chi connectivity index (χ2n) is 11.7. The van der Waals surface area contributed by atoms with Crippen LogP contribution in [0.3, 0.4) is 0 Å². The number of nitroso groups, excluding NO2 is 1. The smallest absolute Gasteiger partial charge is 0.0524 e. The Morgan fingerprint density at radius 3 is 2.54 bits per heavy atom. The molecule has 8 atom stereocenters. The molecule has 4 fully saturated rings. The zero-order valence-corrected chi connectivity index (χ0v) is 18.9. The topological polar surface area (TPSA) is 32.7 Å². The Morgan fingerprint density at radius 2 is 1.79 bits per heavy atom. The van der Waals surface area contributed by atoms with Gasteiger partial charge in [-0.1, -0.05) is 47.0 Å². The SMILES string of the molecule is CC(C)CCC[C@H](C)[C@H]1CC[C@H]2[C@H]3CC[C@H]4CN(N=O)CC[C@@H]4[C@@H]3CC[C@]12C. The molecule has 0 N–H and O–H groups in total. The summed E-state index contributed by atoms with van der Waals surface area (Å²) in [5.74, 6) is 7.24. The first kappa shape index (κ1) is 20.7. The normalized spacial score (nSPS) is 44.0. The molecule has 28 heavy (non-hydrogen) atoms. The molecule has 3 nitrogen and oxygen atoms in total. The van der Waals surface area contributed by atoms with Gasteiger partial charge in [0, 0.05) is 13.1 Å². The van der Waals surface area contributed by atoms with Gasteiger partial charge >= 0.3 is 0 Å². The summed E-state index contributed by atoms with van der Waals surface area (Å²) in [4.78, 5) is 11.0. The van der Waals surface area contributed by atoms with Crippen molar-refractivity contribution in [2.75, 3.05) is 13.1 Å². The highest BCUT2D eigenvalue weighted by atomic mass is 16.3. The average molecular weight is 389 g/mol. The maximum Gasteiger partial charge on any atom is 0.0524 e. The van der Waals surface area contributed by atoms with Crippen LogP contribution in [0.2, 0.25) is 0 Å². The number of hydrogen-bond donors (Lipinski definition) is 0. The molecule has 1 heterocycles. The molecule has 0 bridgehead atoms. The highest BCUT2D eigenvalue weighted by Gasteiger charge is 2.57. The zero-order chi connectivity index (χ0) is 19.9. The van der Waals surface area contributed by atoms with Gasteiger partial charge in [0.25, 0.3) is 0 Å². The van der Waals surface area contributed by atoms with Gasteiger partial charge in [0.05, 0.1) is 5.29 Å². The average Bonchev–Trinajstić information content (AvgIpc) is 3.04. The van der Waals surface area contributed by atoms with Gasteiger partial charge in [-0.3, -0.25) is 5.01 Å². The molecule has 0 aromatic heterocycles. The van der Waals surface area contributed by atoms with Crippen molar-refractivity contribution in [2.45, 2.75) is 91.9 Å². The Morgan fingerprint density at radius 1 is 0.964 bits per heavy atom. The second kappa shape index (κ2) is 8.26. The first-order valence-electron chi connectivity index (χ1n) is 12.5. The molecule has 0 radical (unpaired) electrons. The van der Waals surface area contributed by atoms with Crippen LogP contribution < -0.4 is 0 Å². The predicted octanol–water partition coefficient (Wildman–Crippen LogP) is 6.92. The Balaban J connectivity index is 1.41. The maximum atomic E-state index is 11.0. The van der Waals surface area contributed by atoms with E-state index in [-0.39, 0.29) is 0 Å². The van der Waals surface area contributed by atoms with Gasteiger partial charge in [-0.15, -0.1) is 4.91 Å². The molecule has 0 unspecified atom stereocenters. The quantitative estimate of drug-likeness (QED) is 0.463. The lowest BCUT2D eigenvalue weighted by atomic mass is 9.50. The molecular weight excluding hydrogens is 344 g/mol. The Labute approximate surface area is 173 Å². The fourth-order valence-corrected chi connectivity index (χ4v) is 8.67. The number of hydrogen-bond acceptors (Lipinski definition) is 2.